The summed E-state index contributed by atoms with van der Waals surface area (Å²) in [5.74, 6) is -2.69. The van der Waals surface area contributed by atoms with Gasteiger partial charge < -0.3 is 20.1 Å². The Morgan fingerprint density at radius 2 is 1.58 bits per heavy atom. The van der Waals surface area contributed by atoms with Crippen molar-refractivity contribution in [3.63, 3.8) is 0 Å². The van der Waals surface area contributed by atoms with Gasteiger partial charge >= 0.3 is 12.1 Å². The topological polar surface area (TPSA) is 133 Å². The molecule has 0 aliphatic heterocycles. The number of benzene rings is 2. The first-order valence-corrected chi connectivity index (χ1v) is 13.9. The summed E-state index contributed by atoms with van der Waals surface area (Å²) in [5, 5.41) is 12.0. The van der Waals surface area contributed by atoms with E-state index in [0.29, 0.717) is 5.69 Å². The van der Waals surface area contributed by atoms with Crippen LogP contribution >= 0.6 is 7.37 Å². The van der Waals surface area contributed by atoms with Gasteiger partial charge in [-0.25, -0.2) is 9.59 Å². The second-order valence-electron chi connectivity index (χ2n) is 9.05. The summed E-state index contributed by atoms with van der Waals surface area (Å²) in [6.07, 6.45) is -1.50. The summed E-state index contributed by atoms with van der Waals surface area (Å²) < 4.78 is 17.6. The molecule has 0 radical (unpaired) electrons. The zero-order chi connectivity index (χ0) is 26.9. The fourth-order valence-corrected chi connectivity index (χ4v) is 5.39. The second kappa shape index (κ2) is 13.2. The normalized spacial score (nSPS) is 14.4. The fourth-order valence-electron chi connectivity index (χ4n) is 3.90. The van der Waals surface area contributed by atoms with Crippen LogP contribution in [0.5, 0.6) is 0 Å². The van der Waals surface area contributed by atoms with Gasteiger partial charge in [0, 0.05) is 17.8 Å². The number of carboxylic acid groups (broad SMARTS) is 1. The van der Waals surface area contributed by atoms with Gasteiger partial charge in [-0.05, 0) is 49.4 Å². The highest BCUT2D eigenvalue weighted by Crippen LogP contribution is 2.43. The van der Waals surface area contributed by atoms with Crippen LogP contribution in [-0.4, -0.2) is 53.1 Å². The number of carbonyl (C=O) groups is 3. The van der Waals surface area contributed by atoms with Crippen molar-refractivity contribution in [2.75, 3.05) is 24.0 Å². The maximum absolute atomic E-state index is 13.7. The molecule has 0 fully saturated rings. The Balaban J connectivity index is 2.35. The zero-order valence-corrected chi connectivity index (χ0v) is 22.0. The van der Waals surface area contributed by atoms with Crippen molar-refractivity contribution in [3.05, 3.63) is 54.6 Å². The summed E-state index contributed by atoms with van der Waals surface area (Å²) in [6.45, 7) is 6.87. The van der Waals surface area contributed by atoms with E-state index in [1.54, 1.807) is 31.2 Å². The summed E-state index contributed by atoms with van der Waals surface area (Å²) >= 11 is 0. The van der Waals surface area contributed by atoms with E-state index in [2.05, 4.69) is 5.32 Å². The smallest absolute Gasteiger partial charge is 0.407 e. The highest BCUT2D eigenvalue weighted by molar-refractivity contribution is 7.58. The molecular formula is C26H35N2O7P. The predicted molar refractivity (Wildman–Crippen MR) is 139 cm³/mol. The van der Waals surface area contributed by atoms with E-state index >= 15 is 0 Å². The number of nitrogens with zero attached hydrogens (tertiary/aromatic N) is 1. The number of hydrogen-bond donors (Lipinski definition) is 3. The molecule has 196 valence electrons. The van der Waals surface area contributed by atoms with Crippen LogP contribution in [0.3, 0.4) is 0 Å². The zero-order valence-electron chi connectivity index (χ0n) is 21.1. The third-order valence-electron chi connectivity index (χ3n) is 5.59. The molecule has 3 atom stereocenters. The highest BCUT2D eigenvalue weighted by Gasteiger charge is 2.36. The van der Waals surface area contributed by atoms with Gasteiger partial charge in [0.05, 0.1) is 12.9 Å². The first kappa shape index (κ1) is 29.1. The van der Waals surface area contributed by atoms with Crippen LogP contribution in [0.1, 0.15) is 34.1 Å². The standard InChI is InChI=1S/C26H35N2O7P/c1-5-35-26(32)27-17-36(33,34)16-22(15-18(2)3)24(29)28(19(4)25(30)31)23-13-11-21(12-14-23)20-9-7-6-8-10-20/h6-14,18-19,22H,5,15-17H2,1-4H3,(H,27,32)(H,30,31)(H,33,34)/t19-,22?/m0/s1. The minimum atomic E-state index is -3.98. The molecule has 9 nitrogen and oxygen atoms in total. The lowest BCUT2D eigenvalue weighted by atomic mass is 9.96. The Labute approximate surface area is 211 Å². The number of carbonyl (C=O) groups excluding carboxylic acids is 2. The van der Waals surface area contributed by atoms with E-state index in [0.717, 1.165) is 11.1 Å². The van der Waals surface area contributed by atoms with E-state index in [4.69, 9.17) is 4.74 Å². The number of hydrogen-bond acceptors (Lipinski definition) is 5. The first-order valence-electron chi connectivity index (χ1n) is 11.9. The number of ether oxygens (including phenoxy) is 1. The summed E-state index contributed by atoms with van der Waals surface area (Å²) in [7, 11) is -3.98. The van der Waals surface area contributed by atoms with Crippen molar-refractivity contribution in [3.8, 4) is 11.1 Å². The Bertz CT molecular complexity index is 1070. The van der Waals surface area contributed by atoms with E-state index in [1.807, 2.05) is 44.2 Å². The summed E-state index contributed by atoms with van der Waals surface area (Å²) in [4.78, 5) is 48.9. The lowest BCUT2D eigenvalue weighted by Crippen LogP contribution is -2.47. The van der Waals surface area contributed by atoms with Crippen molar-refractivity contribution in [1.82, 2.24) is 5.32 Å². The van der Waals surface area contributed by atoms with Gasteiger partial charge in [0.2, 0.25) is 13.3 Å². The van der Waals surface area contributed by atoms with Crippen LogP contribution in [-0.2, 0) is 18.9 Å². The molecule has 2 unspecified atom stereocenters. The van der Waals surface area contributed by atoms with Crippen LogP contribution in [0.25, 0.3) is 11.1 Å². The van der Waals surface area contributed by atoms with Crippen LogP contribution in [0.4, 0.5) is 10.5 Å². The molecule has 3 N–H and O–H groups in total. The Morgan fingerprint density at radius 1 is 1.00 bits per heavy atom. The van der Waals surface area contributed by atoms with Crippen LogP contribution in [0.2, 0.25) is 0 Å². The third kappa shape index (κ3) is 8.50. The van der Waals surface area contributed by atoms with Gasteiger partial charge in [-0.15, -0.1) is 0 Å². The number of anilines is 1. The molecule has 0 aromatic heterocycles. The Morgan fingerprint density at radius 3 is 2.11 bits per heavy atom. The lowest BCUT2D eigenvalue weighted by Gasteiger charge is -2.32. The molecule has 0 saturated heterocycles. The molecule has 0 aliphatic rings. The fraction of sp³-hybridized carbons (Fsp3) is 0.423. The molecule has 2 aromatic carbocycles. The second-order valence-corrected chi connectivity index (χ2v) is 11.4. The Kier molecular flexibility index (Phi) is 10.7. The van der Waals surface area contributed by atoms with Crippen molar-refractivity contribution in [2.24, 2.45) is 11.8 Å². The minimum Gasteiger partial charge on any atom is -0.480 e. The summed E-state index contributed by atoms with van der Waals surface area (Å²) in [5.41, 5.74) is 2.25. The predicted octanol–water partition coefficient (Wildman–Crippen LogP) is 4.80. The molecule has 2 aromatic rings. The maximum Gasteiger partial charge on any atom is 0.407 e. The first-order chi connectivity index (χ1) is 16.9. The van der Waals surface area contributed by atoms with Crippen molar-refractivity contribution in [2.45, 2.75) is 40.2 Å². The van der Waals surface area contributed by atoms with Crippen LogP contribution in [0.15, 0.2) is 54.6 Å². The molecule has 0 spiro atoms. The van der Waals surface area contributed by atoms with Crippen molar-refractivity contribution >= 4 is 31.0 Å². The Hall–Kier alpha value is -3.16. The van der Waals surface area contributed by atoms with Crippen molar-refractivity contribution < 1.29 is 33.7 Å². The monoisotopic (exact) mass is 518 g/mol. The van der Waals surface area contributed by atoms with E-state index in [9.17, 15) is 28.9 Å². The average molecular weight is 519 g/mol. The number of carboxylic acids is 1. The molecule has 10 heteroatoms. The number of rotatable bonds is 12. The number of amides is 2. The molecule has 0 saturated carbocycles. The molecule has 0 aliphatic carbocycles. The van der Waals surface area contributed by atoms with Gasteiger partial charge in [-0.3, -0.25) is 14.3 Å². The summed E-state index contributed by atoms with van der Waals surface area (Å²) in [6, 6.07) is 15.4. The number of nitrogens with one attached hydrogen (secondary N) is 1. The molecule has 36 heavy (non-hydrogen) atoms. The van der Waals surface area contributed by atoms with Crippen LogP contribution < -0.4 is 10.2 Å². The molecule has 2 amide bonds. The minimum absolute atomic E-state index is 0.000549. The van der Waals surface area contributed by atoms with Crippen LogP contribution in [0, 0.1) is 11.8 Å². The third-order valence-corrected chi connectivity index (χ3v) is 7.26. The van der Waals surface area contributed by atoms with Gasteiger partial charge in [-0.2, -0.15) is 0 Å². The maximum atomic E-state index is 13.7. The largest absolute Gasteiger partial charge is 0.480 e. The van der Waals surface area contributed by atoms with Gasteiger partial charge in [0.15, 0.2) is 0 Å². The van der Waals surface area contributed by atoms with E-state index in [-0.39, 0.29) is 18.9 Å². The molecule has 0 bridgehead atoms. The average Bonchev–Trinajstić information content (AvgIpc) is 2.83. The van der Waals surface area contributed by atoms with E-state index in [1.165, 1.54) is 11.8 Å². The van der Waals surface area contributed by atoms with E-state index < -0.39 is 49.7 Å². The molecule has 2 rings (SSSR count). The SMILES string of the molecule is CCOC(=O)NCP(=O)(O)CC(CC(C)C)C(=O)N(c1ccc(-c2ccccc2)cc1)[C@@H](C)C(=O)O. The van der Waals surface area contributed by atoms with Gasteiger partial charge in [-0.1, -0.05) is 56.3 Å². The highest BCUT2D eigenvalue weighted by atomic mass is 31.2. The lowest BCUT2D eigenvalue weighted by molar-refractivity contribution is -0.140. The quantitative estimate of drug-likeness (QED) is 0.344. The van der Waals surface area contributed by atoms with Crippen molar-refractivity contribution in [1.29, 1.82) is 0 Å². The van der Waals surface area contributed by atoms with Gasteiger partial charge in [0.25, 0.3) is 0 Å². The molecule has 0 heterocycles. The molecular weight excluding hydrogens is 483 g/mol. The number of aliphatic carboxylic acids is 1. The number of alkyl carbamates (subject to hydrolysis) is 1. The van der Waals surface area contributed by atoms with Gasteiger partial charge in [0.1, 0.15) is 6.04 Å².